The van der Waals surface area contributed by atoms with Crippen molar-refractivity contribution in [2.75, 3.05) is 7.11 Å². The first-order chi connectivity index (χ1) is 15.0. The van der Waals surface area contributed by atoms with Gasteiger partial charge in [0.1, 0.15) is 0 Å². The summed E-state index contributed by atoms with van der Waals surface area (Å²) in [7, 11) is 3.19. The summed E-state index contributed by atoms with van der Waals surface area (Å²) in [5.74, 6) is -3.95. The molecule has 0 radical (unpaired) electrons. The molecule has 1 heterocycles. The van der Waals surface area contributed by atoms with Crippen molar-refractivity contribution in [3.8, 4) is 0 Å². The molecule has 1 aromatic heterocycles. The molecule has 0 saturated carbocycles. The zero-order valence-corrected chi connectivity index (χ0v) is 19.1. The first-order valence-electron chi connectivity index (χ1n) is 9.98. The van der Waals surface area contributed by atoms with E-state index in [2.05, 4.69) is 41.5 Å². The van der Waals surface area contributed by atoms with Gasteiger partial charge in [-0.3, -0.25) is 0 Å². The predicted octanol–water partition coefficient (Wildman–Crippen LogP) is 4.39. The Kier molecular flexibility index (Phi) is 5.70. The summed E-state index contributed by atoms with van der Waals surface area (Å²) >= 11 is 8.08. The summed E-state index contributed by atoms with van der Waals surface area (Å²) in [6.45, 7) is 0. The summed E-state index contributed by atoms with van der Waals surface area (Å²) in [4.78, 5) is 12.1. The molecular weight excluding hydrogens is 427 g/mol. The second-order valence-electron chi connectivity index (χ2n) is 7.48. The zero-order chi connectivity index (χ0) is 21.9. The molecule has 0 N–H and O–H groups in total. The molecule has 0 atom stereocenters. The van der Waals surface area contributed by atoms with Crippen LogP contribution in [0.4, 0.5) is 0 Å². The number of nitrogens with zero attached hydrogens (tertiary/aromatic N) is 2. The number of aryl methyl sites for hydroxylation is 1. The van der Waals surface area contributed by atoms with Gasteiger partial charge in [0, 0.05) is 0 Å². The first kappa shape index (κ1) is 21.3. The van der Waals surface area contributed by atoms with Crippen LogP contribution in [-0.4, -0.2) is 22.9 Å². The van der Waals surface area contributed by atoms with Crippen molar-refractivity contribution >= 4 is 39.1 Å². The van der Waals surface area contributed by atoms with Crippen molar-refractivity contribution in [3.63, 3.8) is 0 Å². The Morgan fingerprint density at radius 1 is 0.871 bits per heavy atom. The second kappa shape index (κ2) is 8.30. The van der Waals surface area contributed by atoms with Crippen LogP contribution in [0.5, 0.6) is 0 Å². The third-order valence-corrected chi connectivity index (χ3v) is 12.9. The number of halogens is 1. The van der Waals surface area contributed by atoms with Crippen LogP contribution in [0.1, 0.15) is 16.2 Å². The first-order valence-corrected chi connectivity index (χ1v) is 13.3. The van der Waals surface area contributed by atoms with E-state index in [9.17, 15) is 4.79 Å². The Morgan fingerprint density at radius 3 is 1.68 bits per heavy atom. The van der Waals surface area contributed by atoms with Crippen molar-refractivity contribution in [1.29, 1.82) is 0 Å². The molecule has 158 valence electrons. The van der Waals surface area contributed by atoms with Gasteiger partial charge in [-0.15, -0.1) is 0 Å². The molecule has 3 aromatic carbocycles. The van der Waals surface area contributed by atoms with Crippen LogP contribution in [0.3, 0.4) is 0 Å². The molecule has 4 rings (SSSR count). The van der Waals surface area contributed by atoms with Crippen LogP contribution in [0.25, 0.3) is 0 Å². The van der Waals surface area contributed by atoms with Crippen molar-refractivity contribution in [2.45, 2.75) is 6.16 Å². The van der Waals surface area contributed by atoms with Crippen LogP contribution < -0.4 is 15.9 Å². The average Bonchev–Trinajstić information content (AvgIpc) is 3.20. The predicted molar refractivity (Wildman–Crippen MR) is 129 cm³/mol. The van der Waals surface area contributed by atoms with E-state index in [1.807, 2.05) is 61.6 Å². The fourth-order valence-electron chi connectivity index (χ4n) is 4.10. The number of ether oxygens (including phenoxy) is 1. The molecule has 6 heteroatoms. The van der Waals surface area contributed by atoms with E-state index >= 15 is 0 Å². The normalized spacial score (nSPS) is 12.7. The van der Waals surface area contributed by atoms with Gasteiger partial charge in [-0.25, -0.2) is 0 Å². The number of aromatic nitrogens is 2. The van der Waals surface area contributed by atoms with E-state index in [1.165, 1.54) is 7.11 Å². The number of rotatable bonds is 6. The third kappa shape index (κ3) is 3.56. The number of carbonyl (C=O) groups excluding carboxylic acids is 1. The van der Waals surface area contributed by atoms with Gasteiger partial charge in [-0.05, 0) is 0 Å². The summed E-state index contributed by atoms with van der Waals surface area (Å²) in [6.07, 6.45) is 0.506. The van der Waals surface area contributed by atoms with Crippen molar-refractivity contribution in [2.24, 2.45) is 7.05 Å². The molecular formula is C25H24ClN2O2P. The number of esters is 1. The van der Waals surface area contributed by atoms with Gasteiger partial charge in [0.15, 0.2) is 0 Å². The Morgan fingerprint density at radius 2 is 1.29 bits per heavy atom. The van der Waals surface area contributed by atoms with E-state index in [4.69, 9.17) is 16.0 Å². The molecule has 0 aliphatic rings. The Bertz CT molecular complexity index is 1090. The van der Waals surface area contributed by atoms with Gasteiger partial charge in [-0.2, -0.15) is 0 Å². The fourth-order valence-corrected chi connectivity index (χ4v) is 10.2. The Labute approximate surface area is 187 Å². The Hall–Kier alpha value is -2.94. The molecule has 4 aromatic rings. The summed E-state index contributed by atoms with van der Waals surface area (Å²) in [5, 5.41) is 7.57. The van der Waals surface area contributed by atoms with Gasteiger partial charge >= 0.3 is 187 Å². The number of hydrogen-bond acceptors (Lipinski definition) is 3. The van der Waals surface area contributed by atoms with Gasteiger partial charge in [0.2, 0.25) is 0 Å². The van der Waals surface area contributed by atoms with E-state index in [-0.39, 0.29) is 5.69 Å². The number of methoxy groups -OCH3 is 1. The molecule has 0 aliphatic carbocycles. The SMILES string of the molecule is COC(=O)c1cc(CP(Cl)(c2ccccc2)(c2ccccc2)c2ccccc2)n(C)n1. The summed E-state index contributed by atoms with van der Waals surface area (Å²) < 4.78 is 6.60. The minimum atomic E-state index is -3.49. The van der Waals surface area contributed by atoms with Gasteiger partial charge < -0.3 is 0 Å². The molecule has 0 amide bonds. The van der Waals surface area contributed by atoms with Crippen molar-refractivity contribution in [3.05, 3.63) is 108 Å². The fraction of sp³-hybridized carbons (Fsp3) is 0.120. The van der Waals surface area contributed by atoms with E-state index in [0.717, 1.165) is 21.6 Å². The van der Waals surface area contributed by atoms with E-state index < -0.39 is 11.9 Å². The van der Waals surface area contributed by atoms with Gasteiger partial charge in [0.25, 0.3) is 0 Å². The Balaban J connectivity index is 2.05. The molecule has 4 nitrogen and oxygen atoms in total. The molecule has 0 unspecified atom stereocenters. The number of benzene rings is 3. The monoisotopic (exact) mass is 450 g/mol. The third-order valence-electron chi connectivity index (χ3n) is 5.71. The van der Waals surface area contributed by atoms with Crippen LogP contribution >= 0.6 is 17.2 Å². The van der Waals surface area contributed by atoms with Crippen molar-refractivity contribution < 1.29 is 9.53 Å². The number of hydrogen-bond donors (Lipinski definition) is 0. The van der Waals surface area contributed by atoms with Crippen LogP contribution in [0.15, 0.2) is 97.1 Å². The minimum absolute atomic E-state index is 0.274. The maximum absolute atomic E-state index is 12.1. The maximum atomic E-state index is 12.1. The standard InChI is InChI=1S/C25H24ClN2O2P/c1-28-20(18-24(27-28)25(29)30-2)19-31(26,21-12-6-3-7-13-21,22-14-8-4-9-15-22)23-16-10-5-11-17-23/h3-18H,19H2,1-2H3. The van der Waals surface area contributed by atoms with Crippen LogP contribution in [0, 0.1) is 0 Å². The number of carbonyl (C=O) groups is 1. The van der Waals surface area contributed by atoms with E-state index in [0.29, 0.717) is 6.16 Å². The van der Waals surface area contributed by atoms with Crippen LogP contribution in [-0.2, 0) is 17.9 Å². The second-order valence-corrected chi connectivity index (χ2v) is 14.0. The molecule has 31 heavy (non-hydrogen) atoms. The summed E-state index contributed by atoms with van der Waals surface area (Å²) in [6, 6.07) is 32.5. The average molecular weight is 451 g/mol. The van der Waals surface area contributed by atoms with Gasteiger partial charge in [0.05, 0.1) is 0 Å². The van der Waals surface area contributed by atoms with Crippen molar-refractivity contribution in [1.82, 2.24) is 9.78 Å². The quantitative estimate of drug-likeness (QED) is 0.323. The van der Waals surface area contributed by atoms with Crippen LogP contribution in [0.2, 0.25) is 0 Å². The molecule has 0 aliphatic heterocycles. The molecule has 0 spiro atoms. The molecule has 0 fully saturated rings. The molecule has 0 saturated heterocycles. The summed E-state index contributed by atoms with van der Waals surface area (Å²) in [5.41, 5.74) is 1.14. The molecule has 0 bridgehead atoms. The topological polar surface area (TPSA) is 44.1 Å². The van der Waals surface area contributed by atoms with Gasteiger partial charge in [-0.1, -0.05) is 0 Å². The zero-order valence-electron chi connectivity index (χ0n) is 17.5. The van der Waals surface area contributed by atoms with E-state index in [1.54, 1.807) is 10.7 Å².